The highest BCUT2D eigenvalue weighted by atomic mass is 32.2. The van der Waals surface area contributed by atoms with Gasteiger partial charge in [0.15, 0.2) is 15.9 Å². The van der Waals surface area contributed by atoms with E-state index in [2.05, 4.69) is 13.8 Å². The van der Waals surface area contributed by atoms with Crippen molar-refractivity contribution in [2.24, 2.45) is 0 Å². The number of sulfone groups is 1. The zero-order chi connectivity index (χ0) is 21.2. The van der Waals surface area contributed by atoms with Crippen LogP contribution in [0.5, 0.6) is 5.75 Å². The average Bonchev–Trinajstić information content (AvgIpc) is 3.28. The van der Waals surface area contributed by atoms with Gasteiger partial charge in [0.25, 0.3) is 5.91 Å². The third kappa shape index (κ3) is 5.21. The summed E-state index contributed by atoms with van der Waals surface area (Å²) in [5, 5.41) is 0. The second kappa shape index (κ2) is 8.61. The lowest BCUT2D eigenvalue weighted by molar-refractivity contribution is -0.141. The van der Waals surface area contributed by atoms with Crippen molar-refractivity contribution in [2.45, 2.75) is 58.7 Å². The van der Waals surface area contributed by atoms with Crippen LogP contribution in [-0.4, -0.2) is 42.9 Å². The van der Waals surface area contributed by atoms with Crippen LogP contribution in [0.15, 0.2) is 41.0 Å². The molecule has 7 heteroatoms. The van der Waals surface area contributed by atoms with Crippen molar-refractivity contribution in [3.05, 3.63) is 53.5 Å². The Bertz CT molecular complexity index is 950. The molecule has 0 radical (unpaired) electrons. The Morgan fingerprint density at radius 2 is 2.03 bits per heavy atom. The summed E-state index contributed by atoms with van der Waals surface area (Å²) in [4.78, 5) is 14.9. The molecular weight excluding hydrogens is 390 g/mol. The van der Waals surface area contributed by atoms with E-state index in [0.29, 0.717) is 17.9 Å². The zero-order valence-corrected chi connectivity index (χ0v) is 18.2. The molecular formula is C22H29NO5S. The van der Waals surface area contributed by atoms with E-state index in [-0.39, 0.29) is 35.9 Å². The maximum Gasteiger partial charge on any atom is 0.264 e. The van der Waals surface area contributed by atoms with Crippen molar-refractivity contribution in [1.29, 1.82) is 0 Å². The molecule has 1 aromatic heterocycles. The van der Waals surface area contributed by atoms with Crippen molar-refractivity contribution in [2.75, 3.05) is 11.5 Å². The van der Waals surface area contributed by atoms with E-state index in [1.165, 1.54) is 0 Å². The minimum Gasteiger partial charge on any atom is -0.481 e. The van der Waals surface area contributed by atoms with Crippen LogP contribution in [0.4, 0.5) is 0 Å². The molecule has 0 N–H and O–H groups in total. The summed E-state index contributed by atoms with van der Waals surface area (Å²) in [7, 11) is -3.13. The second-order valence-electron chi connectivity index (χ2n) is 8.06. The number of ether oxygens (including phenoxy) is 1. The lowest BCUT2D eigenvalue weighted by atomic mass is 10.0. The molecule has 1 fully saturated rings. The van der Waals surface area contributed by atoms with E-state index in [1.54, 1.807) is 30.2 Å². The molecule has 1 aliphatic heterocycles. The monoisotopic (exact) mass is 419 g/mol. The lowest BCUT2D eigenvalue weighted by Gasteiger charge is -2.30. The van der Waals surface area contributed by atoms with Crippen LogP contribution in [0, 0.1) is 6.92 Å². The third-order valence-corrected chi connectivity index (χ3v) is 7.03. The summed E-state index contributed by atoms with van der Waals surface area (Å²) in [6.07, 6.45) is 1.24. The van der Waals surface area contributed by atoms with Gasteiger partial charge in [-0.05, 0) is 55.5 Å². The fraction of sp³-hybridized carbons (Fsp3) is 0.500. The standard InChI is InChI=1S/C22H29NO5S/c1-15(2)20-8-7-16(3)12-21(20)28-17(4)22(24)23(13-19-6-5-10-27-19)18-9-11-29(25,26)14-18/h5-8,10,12,15,17-18H,9,11,13-14H2,1-4H3/t17-,18+/m1/s1. The summed E-state index contributed by atoms with van der Waals surface area (Å²) >= 11 is 0. The molecule has 29 heavy (non-hydrogen) atoms. The van der Waals surface area contributed by atoms with E-state index >= 15 is 0 Å². The normalized spacial score (nSPS) is 19.3. The minimum absolute atomic E-state index is 0.0200. The van der Waals surface area contributed by atoms with Gasteiger partial charge in [-0.25, -0.2) is 8.42 Å². The Morgan fingerprint density at radius 1 is 1.28 bits per heavy atom. The molecule has 1 saturated heterocycles. The molecule has 2 atom stereocenters. The Morgan fingerprint density at radius 3 is 2.62 bits per heavy atom. The first-order valence-corrected chi connectivity index (χ1v) is 11.8. The molecule has 3 rings (SSSR count). The van der Waals surface area contributed by atoms with Gasteiger partial charge in [-0.3, -0.25) is 4.79 Å². The summed E-state index contributed by atoms with van der Waals surface area (Å²) < 4.78 is 35.5. The third-order valence-electron chi connectivity index (χ3n) is 5.28. The molecule has 2 heterocycles. The molecule has 0 aliphatic carbocycles. The zero-order valence-electron chi connectivity index (χ0n) is 17.4. The quantitative estimate of drug-likeness (QED) is 0.684. The average molecular weight is 420 g/mol. The summed E-state index contributed by atoms with van der Waals surface area (Å²) in [6.45, 7) is 8.08. The van der Waals surface area contributed by atoms with Crippen LogP contribution in [0.25, 0.3) is 0 Å². The summed E-state index contributed by atoms with van der Waals surface area (Å²) in [5.41, 5.74) is 2.09. The van der Waals surface area contributed by atoms with Crippen molar-refractivity contribution in [3.8, 4) is 5.75 Å². The highest BCUT2D eigenvalue weighted by Crippen LogP contribution is 2.29. The molecule has 0 spiro atoms. The van der Waals surface area contributed by atoms with Crippen LogP contribution in [0.2, 0.25) is 0 Å². The minimum atomic E-state index is -3.13. The van der Waals surface area contributed by atoms with Gasteiger partial charge in [0.1, 0.15) is 11.5 Å². The molecule has 158 valence electrons. The number of hydrogen-bond acceptors (Lipinski definition) is 5. The molecule has 1 aliphatic rings. The molecule has 1 aromatic carbocycles. The summed E-state index contributed by atoms with van der Waals surface area (Å²) in [6, 6.07) is 9.16. The number of aryl methyl sites for hydroxylation is 1. The van der Waals surface area contributed by atoms with Crippen LogP contribution in [-0.2, 0) is 21.2 Å². The fourth-order valence-electron chi connectivity index (χ4n) is 3.67. The molecule has 0 bridgehead atoms. The molecule has 0 saturated carbocycles. The highest BCUT2D eigenvalue weighted by molar-refractivity contribution is 7.91. The predicted octanol–water partition coefficient (Wildman–Crippen LogP) is 3.69. The topological polar surface area (TPSA) is 76.8 Å². The lowest BCUT2D eigenvalue weighted by Crippen LogP contribution is -2.46. The van der Waals surface area contributed by atoms with Crippen molar-refractivity contribution < 1.29 is 22.4 Å². The maximum absolute atomic E-state index is 13.3. The van der Waals surface area contributed by atoms with E-state index < -0.39 is 15.9 Å². The van der Waals surface area contributed by atoms with Gasteiger partial charge < -0.3 is 14.1 Å². The Kier molecular flexibility index (Phi) is 6.36. The van der Waals surface area contributed by atoms with E-state index in [0.717, 1.165) is 11.1 Å². The van der Waals surface area contributed by atoms with Crippen LogP contribution >= 0.6 is 0 Å². The van der Waals surface area contributed by atoms with Gasteiger partial charge in [0, 0.05) is 6.04 Å². The van der Waals surface area contributed by atoms with Crippen molar-refractivity contribution >= 4 is 15.7 Å². The smallest absolute Gasteiger partial charge is 0.264 e. The van der Waals surface area contributed by atoms with Gasteiger partial charge in [-0.1, -0.05) is 26.0 Å². The van der Waals surface area contributed by atoms with Gasteiger partial charge >= 0.3 is 0 Å². The first-order valence-electron chi connectivity index (χ1n) is 9.97. The number of carbonyl (C=O) groups excluding carboxylic acids is 1. The summed E-state index contributed by atoms with van der Waals surface area (Å²) in [5.74, 6) is 1.41. The first-order chi connectivity index (χ1) is 13.7. The van der Waals surface area contributed by atoms with Crippen LogP contribution < -0.4 is 4.74 Å². The Labute approximate surface area is 172 Å². The second-order valence-corrected chi connectivity index (χ2v) is 10.3. The molecule has 2 aromatic rings. The fourth-order valence-corrected chi connectivity index (χ4v) is 5.40. The SMILES string of the molecule is Cc1ccc(C(C)C)c(O[C@H](C)C(=O)N(Cc2ccco2)[C@H]2CCS(=O)(=O)C2)c1. The first kappa shape index (κ1) is 21.4. The number of benzene rings is 1. The highest BCUT2D eigenvalue weighted by Gasteiger charge is 2.37. The maximum atomic E-state index is 13.3. The van der Waals surface area contributed by atoms with Crippen molar-refractivity contribution in [3.63, 3.8) is 0 Å². The number of furan rings is 1. The molecule has 1 amide bonds. The molecule has 0 unspecified atom stereocenters. The van der Waals surface area contributed by atoms with E-state index in [1.807, 2.05) is 25.1 Å². The van der Waals surface area contributed by atoms with Gasteiger partial charge in [-0.15, -0.1) is 0 Å². The number of rotatable bonds is 7. The number of amides is 1. The van der Waals surface area contributed by atoms with E-state index in [4.69, 9.17) is 9.15 Å². The molecule has 6 nitrogen and oxygen atoms in total. The van der Waals surface area contributed by atoms with Gasteiger partial charge in [0.2, 0.25) is 0 Å². The van der Waals surface area contributed by atoms with Gasteiger partial charge in [0.05, 0.1) is 24.3 Å². The van der Waals surface area contributed by atoms with Crippen LogP contribution in [0.1, 0.15) is 50.0 Å². The Balaban J connectivity index is 1.82. The van der Waals surface area contributed by atoms with Crippen molar-refractivity contribution in [1.82, 2.24) is 4.90 Å². The number of carbonyl (C=O) groups is 1. The number of hydrogen-bond donors (Lipinski definition) is 0. The van der Waals surface area contributed by atoms with Crippen LogP contribution in [0.3, 0.4) is 0 Å². The van der Waals surface area contributed by atoms with Gasteiger partial charge in [-0.2, -0.15) is 0 Å². The largest absolute Gasteiger partial charge is 0.481 e. The van der Waals surface area contributed by atoms with E-state index in [9.17, 15) is 13.2 Å². The predicted molar refractivity (Wildman–Crippen MR) is 112 cm³/mol. The number of nitrogens with zero attached hydrogens (tertiary/aromatic N) is 1. The Hall–Kier alpha value is -2.28.